The Morgan fingerprint density at radius 1 is 1.15 bits per heavy atom. The van der Waals surface area contributed by atoms with Gasteiger partial charge in [-0.3, -0.25) is 4.99 Å². The van der Waals surface area contributed by atoms with Gasteiger partial charge in [-0.15, -0.1) is 0 Å². The number of nitrogens with zero attached hydrogens (tertiary/aromatic N) is 1. The van der Waals surface area contributed by atoms with Gasteiger partial charge < -0.3 is 5.11 Å². The van der Waals surface area contributed by atoms with Gasteiger partial charge >= 0.3 is 0 Å². The Labute approximate surface area is 206 Å². The number of halogens is 1. The lowest BCUT2D eigenvalue weighted by Crippen LogP contribution is -2.17. The Kier molecular flexibility index (Phi) is 14.1. The van der Waals surface area contributed by atoms with Crippen LogP contribution < -0.4 is 0 Å². The third-order valence-electron chi connectivity index (χ3n) is 5.18. The number of hydrogen-bond acceptors (Lipinski definition) is 2. The molecule has 0 spiro atoms. The van der Waals surface area contributed by atoms with Crippen LogP contribution in [0.3, 0.4) is 0 Å². The van der Waals surface area contributed by atoms with Crippen molar-refractivity contribution >= 4 is 17.3 Å². The van der Waals surface area contributed by atoms with Crippen LogP contribution in [0.5, 0.6) is 0 Å². The molecule has 1 aromatic rings. The molecule has 0 unspecified atom stereocenters. The predicted octanol–water partition coefficient (Wildman–Crippen LogP) is 8.40. The number of rotatable bonds is 14. The van der Waals surface area contributed by atoms with E-state index in [1.807, 2.05) is 38.1 Å². The second-order valence-electron chi connectivity index (χ2n) is 8.35. The topological polar surface area (TPSA) is 32.6 Å². The highest BCUT2D eigenvalue weighted by Crippen LogP contribution is 2.25. The van der Waals surface area contributed by atoms with Gasteiger partial charge in [0.2, 0.25) is 0 Å². The third kappa shape index (κ3) is 11.3. The highest BCUT2D eigenvalue weighted by atomic mass is 35.5. The molecule has 0 saturated carbocycles. The van der Waals surface area contributed by atoms with Crippen LogP contribution in [0.2, 0.25) is 0 Å². The highest BCUT2D eigenvalue weighted by molar-refractivity contribution is 6.28. The number of benzene rings is 1. The maximum atomic E-state index is 10.4. The molecular formula is C30H40ClNO. The molecule has 178 valence electrons. The Hall–Kier alpha value is -2.42. The van der Waals surface area contributed by atoms with Crippen molar-refractivity contribution in [2.75, 3.05) is 6.54 Å². The lowest BCUT2D eigenvalue weighted by molar-refractivity contribution is 0.0776. The molecule has 33 heavy (non-hydrogen) atoms. The summed E-state index contributed by atoms with van der Waals surface area (Å²) in [5.74, 6) is 0. The van der Waals surface area contributed by atoms with E-state index in [-0.39, 0.29) is 0 Å². The molecular weight excluding hydrogens is 426 g/mol. The van der Waals surface area contributed by atoms with Gasteiger partial charge in [0.15, 0.2) is 0 Å². The summed E-state index contributed by atoms with van der Waals surface area (Å²) in [6, 6.07) is 8.18. The van der Waals surface area contributed by atoms with E-state index in [0.29, 0.717) is 6.54 Å². The van der Waals surface area contributed by atoms with Gasteiger partial charge in [-0.25, -0.2) is 0 Å². The molecule has 3 heteroatoms. The number of aliphatic hydroxyl groups is 1. The molecule has 0 aliphatic carbocycles. The largest absolute Gasteiger partial charge is 0.386 e. The van der Waals surface area contributed by atoms with Gasteiger partial charge in [-0.2, -0.15) is 0 Å². The first kappa shape index (κ1) is 28.6. The fraction of sp³-hybridized carbons (Fsp3) is 0.367. The van der Waals surface area contributed by atoms with Gasteiger partial charge in [0.1, 0.15) is 0 Å². The summed E-state index contributed by atoms with van der Waals surface area (Å²) in [5.41, 5.74) is 6.09. The van der Waals surface area contributed by atoms with Crippen LogP contribution in [-0.2, 0) is 12.0 Å². The highest BCUT2D eigenvalue weighted by Gasteiger charge is 2.18. The SMILES string of the molecule is C=C/C(=C/CC)C(/C=C/Cl)=NC/C=C/C/C=C(\C=C/C)CCCc1ccccc1C(C)(C)O. The molecule has 0 aromatic heterocycles. The Morgan fingerprint density at radius 2 is 1.91 bits per heavy atom. The summed E-state index contributed by atoms with van der Waals surface area (Å²) in [6.07, 6.45) is 21.3. The van der Waals surface area contributed by atoms with Crippen LogP contribution in [0.1, 0.15) is 64.5 Å². The fourth-order valence-electron chi connectivity index (χ4n) is 3.64. The fourth-order valence-corrected chi connectivity index (χ4v) is 3.76. The van der Waals surface area contributed by atoms with Gasteiger partial charge in [-0.1, -0.05) is 97.5 Å². The lowest BCUT2D eigenvalue weighted by atomic mass is 9.90. The number of aryl methyl sites for hydroxylation is 1. The average Bonchev–Trinajstić information content (AvgIpc) is 2.78. The van der Waals surface area contributed by atoms with E-state index in [2.05, 4.69) is 67.9 Å². The quantitative estimate of drug-likeness (QED) is 0.167. The maximum absolute atomic E-state index is 10.4. The minimum atomic E-state index is -0.815. The number of aliphatic imine (C=N–C) groups is 1. The number of allylic oxidation sites excluding steroid dienone is 9. The maximum Gasteiger partial charge on any atom is 0.0843 e. The van der Waals surface area contributed by atoms with E-state index in [9.17, 15) is 5.11 Å². The lowest BCUT2D eigenvalue weighted by Gasteiger charge is -2.21. The zero-order valence-electron chi connectivity index (χ0n) is 20.7. The zero-order valence-corrected chi connectivity index (χ0v) is 21.5. The molecule has 0 aliphatic rings. The van der Waals surface area contributed by atoms with E-state index in [4.69, 9.17) is 11.6 Å². The normalized spacial score (nSPS) is 14.2. The monoisotopic (exact) mass is 465 g/mol. The number of hydrogen-bond donors (Lipinski definition) is 1. The minimum absolute atomic E-state index is 0.603. The van der Waals surface area contributed by atoms with E-state index in [1.54, 1.807) is 6.08 Å². The van der Waals surface area contributed by atoms with E-state index in [0.717, 1.165) is 49.0 Å². The van der Waals surface area contributed by atoms with Crippen LogP contribution in [0.4, 0.5) is 0 Å². The van der Waals surface area contributed by atoms with Crippen molar-refractivity contribution in [3.05, 3.63) is 107 Å². The Balaban J connectivity index is 2.69. The van der Waals surface area contributed by atoms with Crippen LogP contribution in [0, 0.1) is 0 Å². The standard InChI is InChI=1S/C30H40ClNO/c1-6-15-25(18-14-20-27-19-11-12-21-28(27)30(4,5)33)17-10-9-13-24-32-29(22-23-31)26(8-3)16-7-2/h6,8-9,11-13,15-17,19,21-23,33H,3,7,10,14,18,20,24H2,1-2,4-5H3/b13-9+,15-6-,23-22+,25-17+,26-16-,32-29?. The predicted molar refractivity (Wildman–Crippen MR) is 147 cm³/mol. The molecule has 0 fully saturated rings. The molecule has 0 aliphatic heterocycles. The minimum Gasteiger partial charge on any atom is -0.386 e. The second-order valence-corrected chi connectivity index (χ2v) is 8.60. The van der Waals surface area contributed by atoms with Crippen molar-refractivity contribution < 1.29 is 5.11 Å². The first-order valence-electron chi connectivity index (χ1n) is 11.8. The van der Waals surface area contributed by atoms with Crippen LogP contribution in [-0.4, -0.2) is 17.4 Å². The van der Waals surface area contributed by atoms with Gasteiger partial charge in [0, 0.05) is 5.54 Å². The van der Waals surface area contributed by atoms with Crippen molar-refractivity contribution in [2.24, 2.45) is 4.99 Å². The van der Waals surface area contributed by atoms with Crippen LogP contribution in [0.15, 0.2) is 101 Å². The van der Waals surface area contributed by atoms with Crippen molar-refractivity contribution in [3.8, 4) is 0 Å². The molecule has 1 aromatic carbocycles. The molecule has 1 rings (SSSR count). The Morgan fingerprint density at radius 3 is 2.55 bits per heavy atom. The third-order valence-corrected chi connectivity index (χ3v) is 5.31. The Bertz CT molecular complexity index is 907. The van der Waals surface area contributed by atoms with Crippen molar-refractivity contribution in [1.29, 1.82) is 0 Å². The molecule has 0 bridgehead atoms. The first-order valence-corrected chi connectivity index (χ1v) is 12.2. The van der Waals surface area contributed by atoms with Crippen LogP contribution >= 0.6 is 11.6 Å². The van der Waals surface area contributed by atoms with Crippen LogP contribution in [0.25, 0.3) is 0 Å². The summed E-state index contributed by atoms with van der Waals surface area (Å²) in [6.45, 7) is 12.3. The summed E-state index contributed by atoms with van der Waals surface area (Å²) in [7, 11) is 0. The van der Waals surface area contributed by atoms with Gasteiger partial charge in [0.25, 0.3) is 0 Å². The molecule has 0 amide bonds. The van der Waals surface area contributed by atoms with Crippen molar-refractivity contribution in [2.45, 2.75) is 65.4 Å². The first-order chi connectivity index (χ1) is 15.9. The van der Waals surface area contributed by atoms with Gasteiger partial charge in [-0.05, 0) is 75.7 Å². The summed E-state index contributed by atoms with van der Waals surface area (Å²) in [4.78, 5) is 4.63. The molecule has 0 saturated heterocycles. The second kappa shape index (κ2) is 16.2. The summed E-state index contributed by atoms with van der Waals surface area (Å²) >= 11 is 5.77. The van der Waals surface area contributed by atoms with Crippen molar-refractivity contribution in [3.63, 3.8) is 0 Å². The van der Waals surface area contributed by atoms with Crippen molar-refractivity contribution in [1.82, 2.24) is 0 Å². The summed E-state index contributed by atoms with van der Waals surface area (Å²) in [5, 5.41) is 10.4. The van der Waals surface area contributed by atoms with E-state index in [1.165, 1.54) is 16.7 Å². The molecule has 2 nitrogen and oxygen atoms in total. The summed E-state index contributed by atoms with van der Waals surface area (Å²) < 4.78 is 0. The molecule has 0 heterocycles. The smallest absolute Gasteiger partial charge is 0.0843 e. The zero-order chi connectivity index (χ0) is 24.5. The molecule has 1 N–H and O–H groups in total. The average molecular weight is 466 g/mol. The van der Waals surface area contributed by atoms with E-state index >= 15 is 0 Å². The van der Waals surface area contributed by atoms with Gasteiger partial charge in [0.05, 0.1) is 17.9 Å². The molecule has 0 atom stereocenters. The van der Waals surface area contributed by atoms with E-state index < -0.39 is 5.60 Å². The molecule has 0 radical (unpaired) electrons.